The molecule has 5 nitrogen and oxygen atoms in total. The normalized spacial score (nSPS) is 14.6. The molecule has 0 amide bonds. The Hall–Kier alpha value is -1.58. The Bertz CT molecular complexity index is 932. The number of hydrogen-bond donors (Lipinski definition) is 1. The van der Waals surface area contributed by atoms with Crippen molar-refractivity contribution in [3.05, 3.63) is 35.5 Å². The maximum Gasteiger partial charge on any atom is 0.409 e. The van der Waals surface area contributed by atoms with E-state index in [1.807, 2.05) is 33.8 Å². The van der Waals surface area contributed by atoms with Crippen molar-refractivity contribution in [3.63, 3.8) is 0 Å². The third kappa shape index (κ3) is 4.87. The van der Waals surface area contributed by atoms with Crippen LogP contribution in [-0.4, -0.2) is 37.6 Å². The van der Waals surface area contributed by atoms with Crippen LogP contribution in [0.5, 0.6) is 0 Å². The molecule has 0 saturated carbocycles. The first kappa shape index (κ1) is 22.7. The fourth-order valence-electron chi connectivity index (χ4n) is 3.03. The summed E-state index contributed by atoms with van der Waals surface area (Å²) in [6.45, 7) is 8.52. The van der Waals surface area contributed by atoms with Gasteiger partial charge in [-0.15, -0.1) is 0 Å². The third-order valence-corrected chi connectivity index (χ3v) is 6.05. The number of fused-ring (bicyclic) bond motifs is 1. The second-order valence-electron chi connectivity index (χ2n) is 7.94. The van der Waals surface area contributed by atoms with Gasteiger partial charge in [-0.3, -0.25) is 0 Å². The lowest BCUT2D eigenvalue weighted by atomic mass is 9.99. The van der Waals surface area contributed by atoms with E-state index in [0.717, 1.165) is 9.87 Å². The van der Waals surface area contributed by atoms with Gasteiger partial charge in [0.25, 0.3) is 10.2 Å². The van der Waals surface area contributed by atoms with Crippen LogP contribution >= 0.6 is 0 Å². The molecular formula is C19H28F3N3O2S. The Labute approximate surface area is 164 Å². The second-order valence-corrected chi connectivity index (χ2v) is 9.86. The summed E-state index contributed by atoms with van der Waals surface area (Å²) in [7, 11) is -1.90. The molecule has 1 atom stereocenters. The third-order valence-electron chi connectivity index (χ3n) is 4.55. The van der Waals surface area contributed by atoms with E-state index in [9.17, 15) is 21.6 Å². The zero-order chi connectivity index (χ0) is 21.4. The monoisotopic (exact) mass is 419 g/mol. The van der Waals surface area contributed by atoms with Crippen LogP contribution in [0.3, 0.4) is 0 Å². The Balaban J connectivity index is 2.71. The molecular weight excluding hydrogens is 391 g/mol. The Morgan fingerprint density at radius 1 is 1.14 bits per heavy atom. The summed E-state index contributed by atoms with van der Waals surface area (Å²) in [4.78, 5) is 0. The number of nitrogens with zero attached hydrogens (tertiary/aromatic N) is 2. The maximum absolute atomic E-state index is 13.9. The lowest BCUT2D eigenvalue weighted by Crippen LogP contribution is -2.43. The molecule has 2 rings (SSSR count). The molecule has 0 aliphatic carbocycles. The predicted octanol–water partition coefficient (Wildman–Crippen LogP) is 4.42. The number of rotatable bonds is 7. The number of halogens is 3. The summed E-state index contributed by atoms with van der Waals surface area (Å²) in [6, 6.07) is 3.00. The van der Waals surface area contributed by atoms with Crippen molar-refractivity contribution < 1.29 is 21.6 Å². The van der Waals surface area contributed by atoms with Gasteiger partial charge in [0.2, 0.25) is 0 Å². The maximum atomic E-state index is 13.9. The average molecular weight is 420 g/mol. The van der Waals surface area contributed by atoms with Crippen LogP contribution in [0.25, 0.3) is 10.9 Å². The van der Waals surface area contributed by atoms with E-state index in [1.165, 1.54) is 20.3 Å². The van der Waals surface area contributed by atoms with Gasteiger partial charge in [-0.2, -0.15) is 30.6 Å². The SMILES string of the molecule is CC(C)Cn1cc([C@H](NS(=O)(=O)N(C)C)C(F)(F)F)c2ccc(C(C)C)cc21. The first-order chi connectivity index (χ1) is 12.7. The fourth-order valence-corrected chi connectivity index (χ4v) is 3.80. The van der Waals surface area contributed by atoms with Crippen LogP contribution in [0.2, 0.25) is 0 Å². The van der Waals surface area contributed by atoms with E-state index in [1.54, 1.807) is 21.4 Å². The lowest BCUT2D eigenvalue weighted by Gasteiger charge is -2.23. The molecule has 1 N–H and O–H groups in total. The van der Waals surface area contributed by atoms with Gasteiger partial charge in [0, 0.05) is 43.3 Å². The van der Waals surface area contributed by atoms with E-state index in [0.29, 0.717) is 17.4 Å². The lowest BCUT2D eigenvalue weighted by molar-refractivity contribution is -0.152. The molecule has 158 valence electrons. The van der Waals surface area contributed by atoms with Crippen molar-refractivity contribution in [1.82, 2.24) is 13.6 Å². The minimum Gasteiger partial charge on any atom is -0.347 e. The topological polar surface area (TPSA) is 54.3 Å². The van der Waals surface area contributed by atoms with Gasteiger partial charge >= 0.3 is 6.18 Å². The molecule has 9 heteroatoms. The van der Waals surface area contributed by atoms with Crippen molar-refractivity contribution in [1.29, 1.82) is 0 Å². The van der Waals surface area contributed by atoms with Gasteiger partial charge in [0.15, 0.2) is 0 Å². The highest BCUT2D eigenvalue weighted by Crippen LogP contribution is 2.39. The molecule has 28 heavy (non-hydrogen) atoms. The first-order valence-corrected chi connectivity index (χ1v) is 10.6. The van der Waals surface area contributed by atoms with Crippen molar-refractivity contribution in [3.8, 4) is 0 Å². The summed E-state index contributed by atoms with van der Waals surface area (Å²) in [5.41, 5.74) is 1.59. The Morgan fingerprint density at radius 2 is 1.75 bits per heavy atom. The van der Waals surface area contributed by atoms with Crippen LogP contribution < -0.4 is 4.72 Å². The highest BCUT2D eigenvalue weighted by Gasteiger charge is 2.45. The minimum atomic E-state index is -4.78. The zero-order valence-corrected chi connectivity index (χ0v) is 17.8. The van der Waals surface area contributed by atoms with E-state index in [2.05, 4.69) is 0 Å². The molecule has 0 aliphatic heterocycles. The van der Waals surface area contributed by atoms with Crippen LogP contribution in [0.15, 0.2) is 24.4 Å². The number of nitrogens with one attached hydrogen (secondary N) is 1. The van der Waals surface area contributed by atoms with Crippen molar-refractivity contribution >= 4 is 21.1 Å². The fraction of sp³-hybridized carbons (Fsp3) is 0.579. The number of aromatic nitrogens is 1. The second kappa shape index (κ2) is 8.04. The first-order valence-electron chi connectivity index (χ1n) is 9.13. The minimum absolute atomic E-state index is 0.0936. The van der Waals surface area contributed by atoms with Gasteiger partial charge in [-0.25, -0.2) is 0 Å². The predicted molar refractivity (Wildman–Crippen MR) is 105 cm³/mol. The van der Waals surface area contributed by atoms with Crippen molar-refractivity contribution in [2.45, 2.75) is 52.4 Å². The summed E-state index contributed by atoms with van der Waals surface area (Å²) >= 11 is 0. The molecule has 0 spiro atoms. The standard InChI is InChI=1S/C19H28F3N3O2S/c1-12(2)10-25-11-16(15-8-7-14(13(3)4)9-17(15)25)18(19(20,21)22)23-28(26,27)24(5)6/h7-9,11-13,18,23H,10H2,1-6H3/t18-/m0/s1. The molecule has 1 aromatic heterocycles. The molecule has 0 saturated heterocycles. The van der Waals surface area contributed by atoms with Crippen molar-refractivity contribution in [2.75, 3.05) is 14.1 Å². The Kier molecular flexibility index (Phi) is 6.52. The molecule has 2 aromatic rings. The van der Waals surface area contributed by atoms with Gasteiger partial charge in [-0.1, -0.05) is 39.8 Å². The molecule has 0 radical (unpaired) electrons. The van der Waals surface area contributed by atoms with Crippen LogP contribution in [0.1, 0.15) is 50.8 Å². The zero-order valence-electron chi connectivity index (χ0n) is 17.0. The largest absolute Gasteiger partial charge is 0.409 e. The van der Waals surface area contributed by atoms with Crippen LogP contribution in [0.4, 0.5) is 13.2 Å². The van der Waals surface area contributed by atoms with Crippen LogP contribution in [-0.2, 0) is 16.8 Å². The average Bonchev–Trinajstić information content (AvgIpc) is 2.88. The van der Waals surface area contributed by atoms with E-state index >= 15 is 0 Å². The molecule has 0 bridgehead atoms. The number of alkyl halides is 3. The van der Waals surface area contributed by atoms with Gasteiger partial charge in [-0.05, 0) is 23.5 Å². The number of benzene rings is 1. The molecule has 1 aromatic carbocycles. The van der Waals surface area contributed by atoms with Crippen molar-refractivity contribution in [2.24, 2.45) is 5.92 Å². The summed E-state index contributed by atoms with van der Waals surface area (Å²) in [6.07, 6.45) is -3.36. The highest BCUT2D eigenvalue weighted by atomic mass is 32.2. The van der Waals surface area contributed by atoms with Gasteiger partial charge < -0.3 is 4.57 Å². The quantitative estimate of drug-likeness (QED) is 0.722. The molecule has 0 fully saturated rings. The van der Waals surface area contributed by atoms with Crippen LogP contribution in [0, 0.1) is 5.92 Å². The molecule has 0 aliphatic rings. The number of hydrogen-bond acceptors (Lipinski definition) is 2. The molecule has 1 heterocycles. The summed E-state index contributed by atoms with van der Waals surface area (Å²) in [5.74, 6) is 0.440. The van der Waals surface area contributed by atoms with E-state index in [4.69, 9.17) is 0 Å². The highest BCUT2D eigenvalue weighted by molar-refractivity contribution is 7.87. The molecule has 0 unspecified atom stereocenters. The smallest absolute Gasteiger partial charge is 0.347 e. The van der Waals surface area contributed by atoms with E-state index < -0.39 is 22.4 Å². The summed E-state index contributed by atoms with van der Waals surface area (Å²) in [5, 5.41) is 0.397. The Morgan fingerprint density at radius 3 is 2.21 bits per heavy atom. The van der Waals surface area contributed by atoms with E-state index in [-0.39, 0.29) is 17.4 Å². The van der Waals surface area contributed by atoms with Gasteiger partial charge in [0.1, 0.15) is 6.04 Å². The summed E-state index contributed by atoms with van der Waals surface area (Å²) < 4.78 is 70.1. The van der Waals surface area contributed by atoms with Gasteiger partial charge in [0.05, 0.1) is 0 Å².